The molecule has 0 saturated carbocycles. The quantitative estimate of drug-likeness (QED) is 0.742. The van der Waals surface area contributed by atoms with Crippen LogP contribution >= 0.6 is 0 Å². The molecule has 0 aliphatic rings. The van der Waals surface area contributed by atoms with E-state index in [1.807, 2.05) is 18.7 Å². The Bertz CT molecular complexity index is 435. The molecule has 0 saturated heterocycles. The van der Waals surface area contributed by atoms with E-state index in [-0.39, 0.29) is 24.4 Å². The van der Waals surface area contributed by atoms with Crippen LogP contribution in [0.1, 0.15) is 19.4 Å². The predicted molar refractivity (Wildman–Crippen MR) is 70.5 cm³/mol. The lowest BCUT2D eigenvalue weighted by molar-refractivity contribution is -0.142. The SMILES string of the molecule is COC(=O)CN(Cc1ccc(OC)cc1F)C(C)C. The molecule has 0 aliphatic heterocycles. The van der Waals surface area contributed by atoms with Crippen LogP contribution in [-0.2, 0) is 16.1 Å². The van der Waals surface area contributed by atoms with Gasteiger partial charge in [0.05, 0.1) is 20.8 Å². The highest BCUT2D eigenvalue weighted by Gasteiger charge is 2.16. The van der Waals surface area contributed by atoms with Gasteiger partial charge >= 0.3 is 5.97 Å². The molecule has 0 radical (unpaired) electrons. The maximum absolute atomic E-state index is 13.9. The minimum Gasteiger partial charge on any atom is -0.497 e. The van der Waals surface area contributed by atoms with Crippen LogP contribution in [0.2, 0.25) is 0 Å². The van der Waals surface area contributed by atoms with E-state index in [0.29, 0.717) is 17.9 Å². The van der Waals surface area contributed by atoms with Gasteiger partial charge in [0.2, 0.25) is 0 Å². The molecule has 1 aromatic rings. The minimum absolute atomic E-state index is 0.112. The Labute approximate surface area is 113 Å². The number of esters is 1. The third kappa shape index (κ3) is 4.52. The second-order valence-corrected chi connectivity index (χ2v) is 4.53. The number of benzene rings is 1. The van der Waals surface area contributed by atoms with Crippen molar-refractivity contribution in [3.63, 3.8) is 0 Å². The first-order chi connectivity index (χ1) is 8.97. The molecule has 0 unspecified atom stereocenters. The van der Waals surface area contributed by atoms with E-state index in [9.17, 15) is 9.18 Å². The van der Waals surface area contributed by atoms with Gasteiger partial charge in [-0.1, -0.05) is 6.07 Å². The predicted octanol–water partition coefficient (Wildman–Crippen LogP) is 2.22. The van der Waals surface area contributed by atoms with Crippen LogP contribution in [0.25, 0.3) is 0 Å². The van der Waals surface area contributed by atoms with Crippen LogP contribution in [0.5, 0.6) is 5.75 Å². The average molecular weight is 269 g/mol. The fraction of sp³-hybridized carbons (Fsp3) is 0.500. The first kappa shape index (κ1) is 15.4. The highest BCUT2D eigenvalue weighted by Crippen LogP contribution is 2.18. The molecule has 0 N–H and O–H groups in total. The van der Waals surface area contributed by atoms with Crippen molar-refractivity contribution in [2.75, 3.05) is 20.8 Å². The summed E-state index contributed by atoms with van der Waals surface area (Å²) >= 11 is 0. The van der Waals surface area contributed by atoms with Crippen molar-refractivity contribution in [2.24, 2.45) is 0 Å². The maximum atomic E-state index is 13.9. The standard InChI is InChI=1S/C14H20FNO3/c1-10(2)16(9-14(17)19-4)8-11-5-6-12(18-3)7-13(11)15/h5-7,10H,8-9H2,1-4H3. The number of hydrogen-bond donors (Lipinski definition) is 0. The molecule has 0 fully saturated rings. The summed E-state index contributed by atoms with van der Waals surface area (Å²) in [5.74, 6) is -0.192. The molecule has 19 heavy (non-hydrogen) atoms. The summed E-state index contributed by atoms with van der Waals surface area (Å²) in [6.07, 6.45) is 0. The molecule has 0 heterocycles. The first-order valence-corrected chi connectivity index (χ1v) is 6.11. The molecule has 5 heteroatoms. The molecular weight excluding hydrogens is 249 g/mol. The Kier molecular flexibility index (Phi) is 5.76. The van der Waals surface area contributed by atoms with Gasteiger partial charge in [-0.15, -0.1) is 0 Å². The molecule has 0 aliphatic carbocycles. The molecule has 0 bridgehead atoms. The number of ether oxygens (including phenoxy) is 2. The van der Waals surface area contributed by atoms with Crippen LogP contribution in [0.4, 0.5) is 4.39 Å². The van der Waals surface area contributed by atoms with Crippen LogP contribution in [-0.4, -0.2) is 37.7 Å². The third-order valence-electron chi connectivity index (χ3n) is 2.92. The van der Waals surface area contributed by atoms with Gasteiger partial charge < -0.3 is 9.47 Å². The molecule has 0 aromatic heterocycles. The summed E-state index contributed by atoms with van der Waals surface area (Å²) in [5.41, 5.74) is 0.526. The van der Waals surface area contributed by atoms with Crippen LogP contribution < -0.4 is 4.74 Å². The van der Waals surface area contributed by atoms with Gasteiger partial charge in [0.15, 0.2) is 0 Å². The molecule has 0 atom stereocenters. The van der Waals surface area contributed by atoms with Gasteiger partial charge in [0.25, 0.3) is 0 Å². The molecule has 1 aromatic carbocycles. The zero-order chi connectivity index (χ0) is 14.4. The second-order valence-electron chi connectivity index (χ2n) is 4.53. The van der Waals surface area contributed by atoms with Crippen molar-refractivity contribution in [1.29, 1.82) is 0 Å². The van der Waals surface area contributed by atoms with Gasteiger partial charge in [-0.3, -0.25) is 9.69 Å². The van der Waals surface area contributed by atoms with Gasteiger partial charge in [-0.05, 0) is 19.9 Å². The Morgan fingerprint density at radius 1 is 1.37 bits per heavy atom. The van der Waals surface area contributed by atoms with Crippen molar-refractivity contribution >= 4 is 5.97 Å². The lowest BCUT2D eigenvalue weighted by Crippen LogP contribution is -2.35. The smallest absolute Gasteiger partial charge is 0.319 e. The largest absolute Gasteiger partial charge is 0.497 e. The number of carbonyl (C=O) groups is 1. The maximum Gasteiger partial charge on any atom is 0.319 e. The third-order valence-corrected chi connectivity index (χ3v) is 2.92. The number of carbonyl (C=O) groups excluding carboxylic acids is 1. The summed E-state index contributed by atoms with van der Waals surface area (Å²) < 4.78 is 23.5. The van der Waals surface area contributed by atoms with E-state index in [1.54, 1.807) is 12.1 Å². The highest BCUT2D eigenvalue weighted by atomic mass is 19.1. The first-order valence-electron chi connectivity index (χ1n) is 6.11. The van der Waals surface area contributed by atoms with Crippen molar-refractivity contribution in [3.05, 3.63) is 29.6 Å². The highest BCUT2D eigenvalue weighted by molar-refractivity contribution is 5.71. The van der Waals surface area contributed by atoms with Gasteiger partial charge in [-0.2, -0.15) is 0 Å². The summed E-state index contributed by atoms with van der Waals surface area (Å²) in [6, 6.07) is 4.82. The van der Waals surface area contributed by atoms with E-state index in [1.165, 1.54) is 20.3 Å². The van der Waals surface area contributed by atoms with Gasteiger partial charge in [0, 0.05) is 24.2 Å². The summed E-state index contributed by atoms with van der Waals surface area (Å²) in [5, 5.41) is 0. The minimum atomic E-state index is -0.338. The average Bonchev–Trinajstić information content (AvgIpc) is 2.39. The van der Waals surface area contributed by atoms with Crippen molar-refractivity contribution in [2.45, 2.75) is 26.4 Å². The normalized spacial score (nSPS) is 10.9. The summed E-state index contributed by atoms with van der Waals surface area (Å²) in [7, 11) is 2.83. The molecule has 0 amide bonds. The number of hydrogen-bond acceptors (Lipinski definition) is 4. The Morgan fingerprint density at radius 2 is 2.05 bits per heavy atom. The monoisotopic (exact) mass is 269 g/mol. The van der Waals surface area contributed by atoms with E-state index >= 15 is 0 Å². The lowest BCUT2D eigenvalue weighted by Gasteiger charge is -2.25. The molecule has 4 nitrogen and oxygen atoms in total. The van der Waals surface area contributed by atoms with Crippen LogP contribution in [0.3, 0.4) is 0 Å². The number of nitrogens with zero attached hydrogens (tertiary/aromatic N) is 1. The number of rotatable bonds is 6. The Balaban J connectivity index is 2.81. The summed E-state index contributed by atoms with van der Waals surface area (Å²) in [4.78, 5) is 13.2. The second kappa shape index (κ2) is 7.09. The van der Waals surface area contributed by atoms with E-state index in [2.05, 4.69) is 4.74 Å². The van der Waals surface area contributed by atoms with E-state index in [4.69, 9.17) is 4.74 Å². The fourth-order valence-corrected chi connectivity index (χ4v) is 1.65. The number of halogens is 1. The lowest BCUT2D eigenvalue weighted by atomic mass is 10.1. The Morgan fingerprint density at radius 3 is 2.53 bits per heavy atom. The van der Waals surface area contributed by atoms with Gasteiger partial charge in [-0.25, -0.2) is 4.39 Å². The topological polar surface area (TPSA) is 38.8 Å². The van der Waals surface area contributed by atoms with Crippen molar-refractivity contribution in [1.82, 2.24) is 4.90 Å². The van der Waals surface area contributed by atoms with Crippen LogP contribution in [0, 0.1) is 5.82 Å². The van der Waals surface area contributed by atoms with Gasteiger partial charge in [0.1, 0.15) is 11.6 Å². The number of methoxy groups -OCH3 is 2. The zero-order valence-electron chi connectivity index (χ0n) is 11.8. The Hall–Kier alpha value is -1.62. The molecule has 1 rings (SSSR count). The molecule has 0 spiro atoms. The molecule has 106 valence electrons. The summed E-state index contributed by atoms with van der Waals surface area (Å²) in [6.45, 7) is 4.39. The van der Waals surface area contributed by atoms with Crippen molar-refractivity contribution in [3.8, 4) is 5.75 Å². The van der Waals surface area contributed by atoms with Crippen molar-refractivity contribution < 1.29 is 18.7 Å². The van der Waals surface area contributed by atoms with Crippen LogP contribution in [0.15, 0.2) is 18.2 Å². The fourth-order valence-electron chi connectivity index (χ4n) is 1.65. The molecular formula is C14H20FNO3. The van der Waals surface area contributed by atoms with E-state index in [0.717, 1.165) is 0 Å². The zero-order valence-corrected chi connectivity index (χ0v) is 11.8. The van der Waals surface area contributed by atoms with E-state index < -0.39 is 0 Å².